The van der Waals surface area contributed by atoms with Crippen molar-refractivity contribution in [2.45, 2.75) is 71.1 Å². The van der Waals surface area contributed by atoms with Gasteiger partial charge in [-0.05, 0) is 59.8 Å². The number of carbonyl (C=O) groups excluding carboxylic acids is 1. The van der Waals surface area contributed by atoms with Crippen LogP contribution in [0.2, 0.25) is 0 Å². The molecule has 4 rings (SSSR count). The lowest BCUT2D eigenvalue weighted by atomic mass is 9.77. The van der Waals surface area contributed by atoms with E-state index < -0.39 is 23.6 Å². The van der Waals surface area contributed by atoms with E-state index in [0.29, 0.717) is 11.5 Å². The number of alkyl halides is 2. The van der Waals surface area contributed by atoms with Crippen LogP contribution in [0.1, 0.15) is 92.6 Å². The van der Waals surface area contributed by atoms with Crippen molar-refractivity contribution in [3.63, 3.8) is 0 Å². The van der Waals surface area contributed by atoms with Gasteiger partial charge in [0.05, 0.1) is 5.56 Å². The standard InChI is InChI=1S/C31H33F3O/c1-3-5-20-6-8-21(9-7-20)22-10-12-23(13-11-22)24-14-16-25(17-15-24)26-18-19-27(28(35)4-2)29(30(26)32)31(33)34/h10-21,31H,3-9H2,1-2H3. The van der Waals surface area contributed by atoms with Crippen LogP contribution >= 0.6 is 0 Å². The molecule has 0 radical (unpaired) electrons. The molecule has 0 atom stereocenters. The number of carbonyl (C=O) groups is 1. The highest BCUT2D eigenvalue weighted by Gasteiger charge is 2.25. The highest BCUT2D eigenvalue weighted by molar-refractivity contribution is 5.98. The molecule has 4 heteroatoms. The van der Waals surface area contributed by atoms with Crippen molar-refractivity contribution < 1.29 is 18.0 Å². The van der Waals surface area contributed by atoms with E-state index in [0.717, 1.165) is 17.0 Å². The molecule has 0 heterocycles. The third-order valence-electron chi connectivity index (χ3n) is 7.47. The van der Waals surface area contributed by atoms with Gasteiger partial charge in [0.15, 0.2) is 5.78 Å². The number of Topliss-reactive ketones (excluding diaryl/α,β-unsaturated/α-hetero) is 1. The Morgan fingerprint density at radius 1 is 0.829 bits per heavy atom. The number of hydrogen-bond acceptors (Lipinski definition) is 1. The quantitative estimate of drug-likeness (QED) is 0.294. The fraction of sp³-hybridized carbons (Fsp3) is 0.387. The van der Waals surface area contributed by atoms with Crippen LogP contribution in [0.25, 0.3) is 22.3 Å². The molecule has 3 aromatic rings. The number of rotatable bonds is 8. The average Bonchev–Trinajstić information content (AvgIpc) is 2.88. The Balaban J connectivity index is 1.52. The van der Waals surface area contributed by atoms with E-state index in [-0.39, 0.29) is 17.5 Å². The van der Waals surface area contributed by atoms with Crippen molar-refractivity contribution >= 4 is 5.78 Å². The van der Waals surface area contributed by atoms with E-state index in [1.54, 1.807) is 19.1 Å². The Morgan fingerprint density at radius 3 is 1.94 bits per heavy atom. The lowest BCUT2D eigenvalue weighted by Crippen LogP contribution is -2.13. The van der Waals surface area contributed by atoms with Gasteiger partial charge in [-0.3, -0.25) is 4.79 Å². The highest BCUT2D eigenvalue weighted by atomic mass is 19.3. The maximum atomic E-state index is 15.0. The van der Waals surface area contributed by atoms with E-state index >= 15 is 4.39 Å². The van der Waals surface area contributed by atoms with Crippen LogP contribution in [-0.2, 0) is 0 Å². The van der Waals surface area contributed by atoms with Gasteiger partial charge in [-0.1, -0.05) is 87.4 Å². The Kier molecular flexibility index (Phi) is 8.10. The second kappa shape index (κ2) is 11.2. The van der Waals surface area contributed by atoms with Crippen molar-refractivity contribution in [3.05, 3.63) is 83.2 Å². The number of benzene rings is 3. The molecule has 0 aromatic heterocycles. The van der Waals surface area contributed by atoms with Gasteiger partial charge >= 0.3 is 0 Å². The van der Waals surface area contributed by atoms with Crippen molar-refractivity contribution in [1.82, 2.24) is 0 Å². The van der Waals surface area contributed by atoms with Crippen LogP contribution in [0.5, 0.6) is 0 Å². The van der Waals surface area contributed by atoms with Gasteiger partial charge < -0.3 is 0 Å². The van der Waals surface area contributed by atoms with Crippen molar-refractivity contribution in [1.29, 1.82) is 0 Å². The lowest BCUT2D eigenvalue weighted by Gasteiger charge is -2.28. The second-order valence-corrected chi connectivity index (χ2v) is 9.67. The molecule has 0 amide bonds. The summed E-state index contributed by atoms with van der Waals surface area (Å²) in [7, 11) is 0. The van der Waals surface area contributed by atoms with Crippen LogP contribution in [0.15, 0.2) is 60.7 Å². The average molecular weight is 479 g/mol. The molecule has 0 aliphatic heterocycles. The molecule has 0 unspecified atom stereocenters. The fourth-order valence-corrected chi connectivity index (χ4v) is 5.45. The number of halogens is 3. The molecule has 35 heavy (non-hydrogen) atoms. The Labute approximate surface area is 206 Å². The molecular formula is C31H33F3O. The van der Waals surface area contributed by atoms with Gasteiger partial charge in [-0.15, -0.1) is 0 Å². The van der Waals surface area contributed by atoms with Crippen LogP contribution in [0.4, 0.5) is 13.2 Å². The molecule has 1 fully saturated rings. The monoisotopic (exact) mass is 478 g/mol. The first-order valence-corrected chi connectivity index (χ1v) is 12.8. The molecule has 1 saturated carbocycles. The van der Waals surface area contributed by atoms with Gasteiger partial charge in [-0.2, -0.15) is 0 Å². The Bertz CT molecular complexity index is 1140. The van der Waals surface area contributed by atoms with Crippen molar-refractivity contribution in [2.75, 3.05) is 0 Å². The van der Waals surface area contributed by atoms with Gasteiger partial charge in [0.1, 0.15) is 5.82 Å². The number of ketones is 1. The maximum absolute atomic E-state index is 15.0. The molecule has 1 aliphatic rings. The summed E-state index contributed by atoms with van der Waals surface area (Å²) < 4.78 is 42.2. The van der Waals surface area contributed by atoms with Gasteiger partial charge in [0, 0.05) is 17.5 Å². The molecule has 0 spiro atoms. The van der Waals surface area contributed by atoms with Crippen LogP contribution in [0, 0.1) is 11.7 Å². The molecule has 184 valence electrons. The van der Waals surface area contributed by atoms with E-state index in [2.05, 4.69) is 31.2 Å². The summed E-state index contributed by atoms with van der Waals surface area (Å²) in [6, 6.07) is 18.7. The summed E-state index contributed by atoms with van der Waals surface area (Å²) in [5.41, 5.74) is 2.98. The largest absolute Gasteiger partial charge is 0.294 e. The Hall–Kier alpha value is -2.88. The third kappa shape index (κ3) is 5.52. The highest BCUT2D eigenvalue weighted by Crippen LogP contribution is 2.38. The lowest BCUT2D eigenvalue weighted by molar-refractivity contribution is 0.0971. The topological polar surface area (TPSA) is 17.1 Å². The van der Waals surface area contributed by atoms with E-state index in [1.807, 2.05) is 12.1 Å². The summed E-state index contributed by atoms with van der Waals surface area (Å²) >= 11 is 0. The van der Waals surface area contributed by atoms with E-state index in [9.17, 15) is 13.6 Å². The van der Waals surface area contributed by atoms with Gasteiger partial charge in [-0.25, -0.2) is 13.2 Å². The molecular weight excluding hydrogens is 445 g/mol. The van der Waals surface area contributed by atoms with Crippen LogP contribution in [-0.4, -0.2) is 5.78 Å². The zero-order valence-corrected chi connectivity index (χ0v) is 20.5. The third-order valence-corrected chi connectivity index (χ3v) is 7.47. The SMILES string of the molecule is CCCC1CCC(c2ccc(-c3ccc(-c4ccc(C(=O)CC)c(C(F)F)c4F)cc3)cc2)CC1. The molecule has 0 bridgehead atoms. The van der Waals surface area contributed by atoms with Crippen molar-refractivity contribution in [3.8, 4) is 22.3 Å². The Morgan fingerprint density at radius 2 is 1.40 bits per heavy atom. The minimum absolute atomic E-state index is 0.0477. The molecule has 0 N–H and O–H groups in total. The fourth-order valence-electron chi connectivity index (χ4n) is 5.45. The minimum atomic E-state index is -3.06. The molecule has 3 aromatic carbocycles. The minimum Gasteiger partial charge on any atom is -0.294 e. The smallest absolute Gasteiger partial charge is 0.267 e. The van der Waals surface area contributed by atoms with Crippen LogP contribution < -0.4 is 0 Å². The van der Waals surface area contributed by atoms with Crippen LogP contribution in [0.3, 0.4) is 0 Å². The first kappa shape index (κ1) is 25.2. The first-order valence-electron chi connectivity index (χ1n) is 12.8. The van der Waals surface area contributed by atoms with E-state index in [4.69, 9.17) is 0 Å². The predicted molar refractivity (Wildman–Crippen MR) is 136 cm³/mol. The van der Waals surface area contributed by atoms with Gasteiger partial charge in [0.25, 0.3) is 6.43 Å². The van der Waals surface area contributed by atoms with E-state index in [1.165, 1.54) is 56.2 Å². The summed E-state index contributed by atoms with van der Waals surface area (Å²) in [4.78, 5) is 12.0. The number of hydrogen-bond donors (Lipinski definition) is 0. The molecule has 1 nitrogen and oxygen atoms in total. The molecule has 1 aliphatic carbocycles. The second-order valence-electron chi connectivity index (χ2n) is 9.67. The summed E-state index contributed by atoms with van der Waals surface area (Å²) in [5, 5.41) is 0. The summed E-state index contributed by atoms with van der Waals surface area (Å²) in [6.45, 7) is 3.84. The first-order chi connectivity index (χ1) is 16.9. The summed E-state index contributed by atoms with van der Waals surface area (Å²) in [5.74, 6) is 0.0108. The summed E-state index contributed by atoms with van der Waals surface area (Å²) in [6.07, 6.45) is 4.76. The normalized spacial score (nSPS) is 18.1. The maximum Gasteiger partial charge on any atom is 0.267 e. The zero-order valence-electron chi connectivity index (χ0n) is 20.5. The predicted octanol–water partition coefficient (Wildman–Crippen LogP) is 9.76. The van der Waals surface area contributed by atoms with Crippen molar-refractivity contribution in [2.24, 2.45) is 5.92 Å². The van der Waals surface area contributed by atoms with Gasteiger partial charge in [0.2, 0.25) is 0 Å². The molecule has 0 saturated heterocycles. The zero-order chi connectivity index (χ0) is 24.9.